The van der Waals surface area contributed by atoms with Gasteiger partial charge in [-0.2, -0.15) is 5.26 Å². The number of nitrogens with zero attached hydrogens (tertiary/aromatic N) is 1. The van der Waals surface area contributed by atoms with Crippen LogP contribution in [-0.4, -0.2) is 11.7 Å². The number of hydrogen-bond acceptors (Lipinski definition) is 2. The standard InChI is InChI=1S/C10H10FNO/c11-10-3-1-2-8(5-10)4-9(6-12)7-13/h1-3,5,9,13H,4,7H2/t9-/m0/s1. The van der Waals surface area contributed by atoms with Crippen molar-refractivity contribution in [3.8, 4) is 6.07 Å². The number of aliphatic hydroxyl groups is 1. The van der Waals surface area contributed by atoms with Crippen molar-refractivity contribution in [1.29, 1.82) is 5.26 Å². The molecule has 1 atom stereocenters. The van der Waals surface area contributed by atoms with E-state index < -0.39 is 5.92 Å². The second-order valence-electron chi connectivity index (χ2n) is 2.84. The quantitative estimate of drug-likeness (QED) is 0.764. The second-order valence-corrected chi connectivity index (χ2v) is 2.84. The van der Waals surface area contributed by atoms with E-state index in [0.29, 0.717) is 6.42 Å². The Hall–Kier alpha value is -1.40. The van der Waals surface area contributed by atoms with E-state index in [4.69, 9.17) is 10.4 Å². The lowest BCUT2D eigenvalue weighted by molar-refractivity contribution is 0.255. The van der Waals surface area contributed by atoms with Crippen molar-refractivity contribution in [2.75, 3.05) is 6.61 Å². The minimum atomic E-state index is -0.443. The number of rotatable bonds is 3. The lowest BCUT2D eigenvalue weighted by Crippen LogP contribution is -2.06. The fourth-order valence-corrected chi connectivity index (χ4v) is 1.10. The molecule has 0 saturated heterocycles. The Kier molecular flexibility index (Phi) is 3.41. The lowest BCUT2D eigenvalue weighted by atomic mass is 10.0. The molecule has 0 amide bonds. The predicted molar refractivity (Wildman–Crippen MR) is 46.3 cm³/mol. The summed E-state index contributed by atoms with van der Waals surface area (Å²) in [7, 11) is 0. The first-order valence-electron chi connectivity index (χ1n) is 4.01. The summed E-state index contributed by atoms with van der Waals surface area (Å²) in [5, 5.41) is 17.3. The molecular weight excluding hydrogens is 169 g/mol. The highest BCUT2D eigenvalue weighted by atomic mass is 19.1. The average Bonchev–Trinajstić information content (AvgIpc) is 2.14. The first-order valence-corrected chi connectivity index (χ1v) is 4.01. The average molecular weight is 179 g/mol. The molecule has 0 bridgehead atoms. The van der Waals surface area contributed by atoms with Crippen molar-refractivity contribution in [3.05, 3.63) is 35.6 Å². The number of hydrogen-bond donors (Lipinski definition) is 1. The Morgan fingerprint density at radius 3 is 2.85 bits per heavy atom. The Labute approximate surface area is 76.2 Å². The van der Waals surface area contributed by atoms with Crippen LogP contribution in [0.2, 0.25) is 0 Å². The van der Waals surface area contributed by atoms with Crippen molar-refractivity contribution in [2.45, 2.75) is 6.42 Å². The van der Waals surface area contributed by atoms with Crippen LogP contribution in [0, 0.1) is 23.1 Å². The van der Waals surface area contributed by atoms with Crippen molar-refractivity contribution < 1.29 is 9.50 Å². The highest BCUT2D eigenvalue weighted by molar-refractivity contribution is 5.17. The molecule has 1 rings (SSSR count). The molecule has 0 aliphatic heterocycles. The molecule has 0 saturated carbocycles. The van der Waals surface area contributed by atoms with Gasteiger partial charge in [0.1, 0.15) is 5.82 Å². The van der Waals surface area contributed by atoms with E-state index in [-0.39, 0.29) is 12.4 Å². The molecule has 0 spiro atoms. The van der Waals surface area contributed by atoms with Gasteiger partial charge >= 0.3 is 0 Å². The molecule has 0 aliphatic rings. The third-order valence-corrected chi connectivity index (χ3v) is 1.77. The van der Waals surface area contributed by atoms with Gasteiger partial charge in [-0.1, -0.05) is 12.1 Å². The fourth-order valence-electron chi connectivity index (χ4n) is 1.10. The normalized spacial score (nSPS) is 12.1. The maximum absolute atomic E-state index is 12.7. The van der Waals surface area contributed by atoms with E-state index in [1.54, 1.807) is 12.1 Å². The van der Waals surface area contributed by atoms with Gasteiger partial charge in [-0.15, -0.1) is 0 Å². The van der Waals surface area contributed by atoms with Crippen molar-refractivity contribution in [2.24, 2.45) is 5.92 Å². The van der Waals surface area contributed by atoms with E-state index >= 15 is 0 Å². The SMILES string of the molecule is N#C[C@@H](CO)Cc1cccc(F)c1. The third kappa shape index (κ3) is 2.85. The molecular formula is C10H10FNO. The highest BCUT2D eigenvalue weighted by Gasteiger charge is 2.06. The molecule has 1 N–H and O–H groups in total. The summed E-state index contributed by atoms with van der Waals surface area (Å²) >= 11 is 0. The monoisotopic (exact) mass is 179 g/mol. The fraction of sp³-hybridized carbons (Fsp3) is 0.300. The van der Waals surface area contributed by atoms with E-state index in [9.17, 15) is 4.39 Å². The van der Waals surface area contributed by atoms with Gasteiger partial charge in [0.15, 0.2) is 0 Å². The summed E-state index contributed by atoms with van der Waals surface area (Å²) in [6.45, 7) is -0.187. The number of benzene rings is 1. The van der Waals surface area contributed by atoms with Crippen LogP contribution in [-0.2, 0) is 6.42 Å². The summed E-state index contributed by atoms with van der Waals surface area (Å²) < 4.78 is 12.7. The van der Waals surface area contributed by atoms with Gasteiger partial charge in [-0.3, -0.25) is 0 Å². The number of aliphatic hydroxyl groups excluding tert-OH is 1. The Bertz CT molecular complexity index is 319. The van der Waals surface area contributed by atoms with Crippen LogP contribution in [0.25, 0.3) is 0 Å². The Morgan fingerprint density at radius 1 is 1.54 bits per heavy atom. The first kappa shape index (κ1) is 9.69. The third-order valence-electron chi connectivity index (χ3n) is 1.77. The van der Waals surface area contributed by atoms with Crippen LogP contribution in [0.15, 0.2) is 24.3 Å². The largest absolute Gasteiger partial charge is 0.395 e. The summed E-state index contributed by atoms with van der Waals surface area (Å²) in [5.41, 5.74) is 0.737. The molecule has 0 radical (unpaired) electrons. The van der Waals surface area contributed by atoms with Crippen LogP contribution in [0.1, 0.15) is 5.56 Å². The molecule has 68 valence electrons. The second kappa shape index (κ2) is 4.58. The van der Waals surface area contributed by atoms with Gasteiger partial charge in [0.2, 0.25) is 0 Å². The van der Waals surface area contributed by atoms with E-state index in [1.165, 1.54) is 12.1 Å². The van der Waals surface area contributed by atoms with E-state index in [0.717, 1.165) is 5.56 Å². The highest BCUT2D eigenvalue weighted by Crippen LogP contribution is 2.09. The van der Waals surface area contributed by atoms with Crippen LogP contribution in [0.3, 0.4) is 0 Å². The Morgan fingerprint density at radius 2 is 2.31 bits per heavy atom. The molecule has 1 aromatic rings. The summed E-state index contributed by atoms with van der Waals surface area (Å²) in [6, 6.07) is 8.01. The van der Waals surface area contributed by atoms with Gasteiger partial charge in [-0.05, 0) is 24.1 Å². The predicted octanol–water partition coefficient (Wildman–Crippen LogP) is 1.50. The smallest absolute Gasteiger partial charge is 0.123 e. The van der Waals surface area contributed by atoms with Gasteiger partial charge in [0, 0.05) is 0 Å². The van der Waals surface area contributed by atoms with Gasteiger partial charge < -0.3 is 5.11 Å². The molecule has 13 heavy (non-hydrogen) atoms. The topological polar surface area (TPSA) is 44.0 Å². The van der Waals surface area contributed by atoms with Crippen LogP contribution < -0.4 is 0 Å². The van der Waals surface area contributed by atoms with Crippen molar-refractivity contribution in [3.63, 3.8) is 0 Å². The van der Waals surface area contributed by atoms with Crippen molar-refractivity contribution >= 4 is 0 Å². The summed E-state index contributed by atoms with van der Waals surface area (Å²) in [6.07, 6.45) is 0.394. The van der Waals surface area contributed by atoms with Gasteiger partial charge in [-0.25, -0.2) is 4.39 Å². The number of halogens is 1. The van der Waals surface area contributed by atoms with Crippen LogP contribution in [0.5, 0.6) is 0 Å². The maximum Gasteiger partial charge on any atom is 0.123 e. The molecule has 0 aliphatic carbocycles. The summed E-state index contributed by atoms with van der Waals surface area (Å²) in [5.74, 6) is -0.756. The molecule has 3 heteroatoms. The zero-order valence-electron chi connectivity index (χ0n) is 7.07. The van der Waals surface area contributed by atoms with Crippen LogP contribution in [0.4, 0.5) is 4.39 Å². The number of nitriles is 1. The van der Waals surface area contributed by atoms with E-state index in [2.05, 4.69) is 0 Å². The zero-order valence-corrected chi connectivity index (χ0v) is 7.07. The van der Waals surface area contributed by atoms with Gasteiger partial charge in [0.25, 0.3) is 0 Å². The molecule has 2 nitrogen and oxygen atoms in total. The molecule has 0 unspecified atom stereocenters. The molecule has 0 heterocycles. The van der Waals surface area contributed by atoms with Crippen molar-refractivity contribution in [1.82, 2.24) is 0 Å². The van der Waals surface area contributed by atoms with E-state index in [1.807, 2.05) is 6.07 Å². The minimum absolute atomic E-state index is 0.187. The Balaban J connectivity index is 2.69. The minimum Gasteiger partial charge on any atom is -0.395 e. The zero-order chi connectivity index (χ0) is 9.68. The maximum atomic E-state index is 12.7. The summed E-state index contributed by atoms with van der Waals surface area (Å²) in [4.78, 5) is 0. The lowest BCUT2D eigenvalue weighted by Gasteiger charge is -2.04. The first-order chi connectivity index (χ1) is 6.26. The molecule has 1 aromatic carbocycles. The van der Waals surface area contributed by atoms with Crippen LogP contribution >= 0.6 is 0 Å². The molecule has 0 fully saturated rings. The molecule has 0 aromatic heterocycles. The van der Waals surface area contributed by atoms with Gasteiger partial charge in [0.05, 0.1) is 18.6 Å².